The Morgan fingerprint density at radius 2 is 2.17 bits per heavy atom. The topological polar surface area (TPSA) is 36.7 Å². The number of rotatable bonds is 5. The normalized spacial score (nSPS) is 16.7. The average molecular weight is 250 g/mol. The van der Waals surface area contributed by atoms with Gasteiger partial charge in [0.05, 0.1) is 6.26 Å². The van der Waals surface area contributed by atoms with Crippen molar-refractivity contribution >= 4 is 5.91 Å². The minimum absolute atomic E-state index is 0.000454. The van der Waals surface area contributed by atoms with Gasteiger partial charge in [-0.2, -0.15) is 0 Å². The first-order chi connectivity index (χ1) is 8.81. The second-order valence-corrected chi connectivity index (χ2v) is 4.76. The zero-order valence-corrected chi connectivity index (χ0v) is 11.1. The van der Waals surface area contributed by atoms with E-state index in [4.69, 9.17) is 4.42 Å². The highest BCUT2D eigenvalue weighted by atomic mass is 16.3. The van der Waals surface area contributed by atoms with Crippen LogP contribution in [0.5, 0.6) is 0 Å². The van der Waals surface area contributed by atoms with Gasteiger partial charge < -0.3 is 14.2 Å². The Morgan fingerprint density at radius 3 is 2.78 bits per heavy atom. The first-order valence-corrected chi connectivity index (χ1v) is 6.86. The average Bonchev–Trinajstić information content (AvgIpc) is 2.94. The second kappa shape index (κ2) is 6.59. The van der Waals surface area contributed by atoms with Gasteiger partial charge in [0.15, 0.2) is 5.76 Å². The molecule has 100 valence electrons. The molecule has 0 aliphatic carbocycles. The molecule has 0 aromatic carbocycles. The third kappa shape index (κ3) is 3.35. The number of furan rings is 1. The number of nitrogens with zero attached hydrogens (tertiary/aromatic N) is 2. The van der Waals surface area contributed by atoms with Gasteiger partial charge in [0.2, 0.25) is 0 Å². The van der Waals surface area contributed by atoms with Crippen molar-refractivity contribution in [3.05, 3.63) is 24.2 Å². The van der Waals surface area contributed by atoms with Crippen LogP contribution in [-0.2, 0) is 0 Å². The molecule has 0 N–H and O–H groups in total. The monoisotopic (exact) mass is 250 g/mol. The fourth-order valence-corrected chi connectivity index (χ4v) is 2.40. The molecule has 4 nitrogen and oxygen atoms in total. The molecule has 0 atom stereocenters. The highest BCUT2D eigenvalue weighted by Gasteiger charge is 2.18. The lowest BCUT2D eigenvalue weighted by Gasteiger charge is -2.29. The number of carbonyl (C=O) groups is 1. The Balaban J connectivity index is 1.83. The molecule has 1 amide bonds. The molecular formula is C14H22N2O2. The van der Waals surface area contributed by atoms with Gasteiger partial charge in [-0.15, -0.1) is 0 Å². The fourth-order valence-electron chi connectivity index (χ4n) is 2.40. The minimum atomic E-state index is -0.000454. The van der Waals surface area contributed by atoms with Crippen LogP contribution in [0.4, 0.5) is 0 Å². The maximum Gasteiger partial charge on any atom is 0.289 e. The number of likely N-dealkylation sites (N-methyl/N-ethyl adjacent to an activating group) is 1. The molecule has 1 aliphatic rings. The predicted octanol–water partition coefficient (Wildman–Crippen LogP) is 2.23. The highest BCUT2D eigenvalue weighted by molar-refractivity contribution is 5.91. The van der Waals surface area contributed by atoms with Crippen LogP contribution in [0, 0.1) is 0 Å². The molecule has 0 radical (unpaired) electrons. The van der Waals surface area contributed by atoms with Crippen molar-refractivity contribution < 1.29 is 9.21 Å². The molecule has 0 spiro atoms. The van der Waals surface area contributed by atoms with Crippen LogP contribution in [0.1, 0.15) is 36.7 Å². The molecule has 4 heteroatoms. The molecule has 2 heterocycles. The Hall–Kier alpha value is -1.29. The first kappa shape index (κ1) is 13.1. The standard InChI is InChI=1S/C14H22N2O2/c1-2-16(14(17)13-7-6-12-18-13)11-10-15-8-4-3-5-9-15/h6-7,12H,2-5,8-11H2,1H3. The Morgan fingerprint density at radius 1 is 1.39 bits per heavy atom. The summed E-state index contributed by atoms with van der Waals surface area (Å²) in [5.41, 5.74) is 0. The molecule has 0 unspecified atom stereocenters. The lowest BCUT2D eigenvalue weighted by molar-refractivity contribution is 0.0707. The number of likely N-dealkylation sites (tertiary alicyclic amines) is 1. The molecule has 18 heavy (non-hydrogen) atoms. The molecule has 1 fully saturated rings. The summed E-state index contributed by atoms with van der Waals surface area (Å²) in [5.74, 6) is 0.440. The van der Waals surface area contributed by atoms with Gasteiger partial charge in [0.1, 0.15) is 0 Å². The number of amides is 1. The summed E-state index contributed by atoms with van der Waals surface area (Å²) in [5, 5.41) is 0. The van der Waals surface area contributed by atoms with Crippen LogP contribution >= 0.6 is 0 Å². The van der Waals surface area contributed by atoms with Crippen LogP contribution in [0.3, 0.4) is 0 Å². The van der Waals surface area contributed by atoms with E-state index in [2.05, 4.69) is 4.90 Å². The molecule has 2 rings (SSSR count). The molecule has 1 aromatic heterocycles. The maximum atomic E-state index is 12.1. The molecule has 0 saturated carbocycles. The lowest BCUT2D eigenvalue weighted by atomic mass is 10.1. The third-order valence-electron chi connectivity index (χ3n) is 3.54. The van der Waals surface area contributed by atoms with E-state index in [1.807, 2.05) is 11.8 Å². The van der Waals surface area contributed by atoms with Crippen molar-refractivity contribution in [2.24, 2.45) is 0 Å². The van der Waals surface area contributed by atoms with Crippen molar-refractivity contribution in [1.82, 2.24) is 9.80 Å². The van der Waals surface area contributed by atoms with Gasteiger partial charge in [0.25, 0.3) is 5.91 Å². The summed E-state index contributed by atoms with van der Waals surface area (Å²) < 4.78 is 5.17. The number of carbonyl (C=O) groups excluding carboxylic acids is 1. The van der Waals surface area contributed by atoms with E-state index < -0.39 is 0 Å². The van der Waals surface area contributed by atoms with Gasteiger partial charge in [-0.05, 0) is 45.0 Å². The van der Waals surface area contributed by atoms with Crippen LogP contribution in [0.25, 0.3) is 0 Å². The van der Waals surface area contributed by atoms with Crippen LogP contribution in [-0.4, -0.2) is 48.4 Å². The van der Waals surface area contributed by atoms with Crippen LogP contribution in [0.15, 0.2) is 22.8 Å². The SMILES string of the molecule is CCN(CCN1CCCCC1)C(=O)c1ccco1. The Labute approximate surface area is 109 Å². The van der Waals surface area contributed by atoms with Gasteiger partial charge in [-0.1, -0.05) is 6.42 Å². The van der Waals surface area contributed by atoms with Gasteiger partial charge in [-0.3, -0.25) is 4.79 Å². The summed E-state index contributed by atoms with van der Waals surface area (Å²) >= 11 is 0. The summed E-state index contributed by atoms with van der Waals surface area (Å²) in [4.78, 5) is 16.4. The molecular weight excluding hydrogens is 228 g/mol. The molecule has 1 saturated heterocycles. The van der Waals surface area contributed by atoms with E-state index in [1.54, 1.807) is 18.4 Å². The number of hydrogen-bond acceptors (Lipinski definition) is 3. The quantitative estimate of drug-likeness (QED) is 0.804. The largest absolute Gasteiger partial charge is 0.459 e. The Bertz CT molecular complexity index is 356. The summed E-state index contributed by atoms with van der Waals surface area (Å²) in [6, 6.07) is 3.48. The van der Waals surface area contributed by atoms with E-state index >= 15 is 0 Å². The zero-order chi connectivity index (χ0) is 12.8. The molecule has 0 bridgehead atoms. The number of piperidine rings is 1. The van der Waals surface area contributed by atoms with Crippen molar-refractivity contribution in [3.63, 3.8) is 0 Å². The first-order valence-electron chi connectivity index (χ1n) is 6.86. The maximum absolute atomic E-state index is 12.1. The summed E-state index contributed by atoms with van der Waals surface area (Å²) in [6.45, 7) is 6.85. The second-order valence-electron chi connectivity index (χ2n) is 4.76. The fraction of sp³-hybridized carbons (Fsp3) is 0.643. The predicted molar refractivity (Wildman–Crippen MR) is 70.6 cm³/mol. The molecule has 1 aromatic rings. The van der Waals surface area contributed by atoms with Crippen molar-refractivity contribution in [1.29, 1.82) is 0 Å². The van der Waals surface area contributed by atoms with Gasteiger partial charge in [-0.25, -0.2) is 0 Å². The summed E-state index contributed by atoms with van der Waals surface area (Å²) in [6.07, 6.45) is 5.47. The van der Waals surface area contributed by atoms with Gasteiger partial charge in [0, 0.05) is 19.6 Å². The molecule has 1 aliphatic heterocycles. The van der Waals surface area contributed by atoms with Crippen molar-refractivity contribution in [3.8, 4) is 0 Å². The van der Waals surface area contributed by atoms with Crippen molar-refractivity contribution in [2.75, 3.05) is 32.7 Å². The van der Waals surface area contributed by atoms with Crippen molar-refractivity contribution in [2.45, 2.75) is 26.2 Å². The van der Waals surface area contributed by atoms with E-state index in [0.717, 1.165) is 19.6 Å². The van der Waals surface area contributed by atoms with Gasteiger partial charge >= 0.3 is 0 Å². The van der Waals surface area contributed by atoms with E-state index in [1.165, 1.54) is 32.4 Å². The van der Waals surface area contributed by atoms with E-state index in [0.29, 0.717) is 5.76 Å². The van der Waals surface area contributed by atoms with Crippen LogP contribution in [0.2, 0.25) is 0 Å². The van der Waals surface area contributed by atoms with E-state index in [-0.39, 0.29) is 5.91 Å². The minimum Gasteiger partial charge on any atom is -0.459 e. The lowest BCUT2D eigenvalue weighted by Crippen LogP contribution is -2.40. The number of hydrogen-bond donors (Lipinski definition) is 0. The van der Waals surface area contributed by atoms with Crippen LogP contribution < -0.4 is 0 Å². The summed E-state index contributed by atoms with van der Waals surface area (Å²) in [7, 11) is 0. The smallest absolute Gasteiger partial charge is 0.289 e. The zero-order valence-electron chi connectivity index (χ0n) is 11.1. The third-order valence-corrected chi connectivity index (χ3v) is 3.54. The highest BCUT2D eigenvalue weighted by Crippen LogP contribution is 2.09. The van der Waals surface area contributed by atoms with E-state index in [9.17, 15) is 4.79 Å². The Kier molecular flexibility index (Phi) is 4.81.